The van der Waals surface area contributed by atoms with Crippen molar-refractivity contribution in [1.82, 2.24) is 5.43 Å². The Balaban J connectivity index is 2.41. The summed E-state index contributed by atoms with van der Waals surface area (Å²) in [5.41, 5.74) is 4.06. The summed E-state index contributed by atoms with van der Waals surface area (Å²) >= 11 is 0. The van der Waals surface area contributed by atoms with E-state index in [4.69, 9.17) is 5.84 Å². The van der Waals surface area contributed by atoms with Crippen LogP contribution in [0.3, 0.4) is 0 Å². The van der Waals surface area contributed by atoms with Gasteiger partial charge in [-0.1, -0.05) is 37.3 Å². The Labute approximate surface area is 73.8 Å². The van der Waals surface area contributed by atoms with Crippen LogP contribution in [0.25, 0.3) is 0 Å². The summed E-state index contributed by atoms with van der Waals surface area (Å²) in [4.78, 5) is 0. The average molecular weight is 164 g/mol. The number of hydrazine groups is 1. The molecular formula is C10H16N2. The third-order valence-electron chi connectivity index (χ3n) is 1.89. The van der Waals surface area contributed by atoms with Crippen LogP contribution in [0.1, 0.15) is 12.5 Å². The molecule has 0 heterocycles. The van der Waals surface area contributed by atoms with Gasteiger partial charge < -0.3 is 0 Å². The zero-order valence-electron chi connectivity index (χ0n) is 7.46. The zero-order chi connectivity index (χ0) is 8.81. The summed E-state index contributed by atoms with van der Waals surface area (Å²) in [6.45, 7) is 3.06. The van der Waals surface area contributed by atoms with E-state index in [2.05, 4.69) is 36.6 Å². The van der Waals surface area contributed by atoms with Crippen LogP contribution < -0.4 is 11.3 Å². The Morgan fingerprint density at radius 1 is 1.33 bits per heavy atom. The van der Waals surface area contributed by atoms with Crippen LogP contribution in [0.2, 0.25) is 0 Å². The van der Waals surface area contributed by atoms with Gasteiger partial charge in [0.05, 0.1) is 0 Å². The van der Waals surface area contributed by atoms with Crippen molar-refractivity contribution >= 4 is 0 Å². The monoisotopic (exact) mass is 164 g/mol. The molecule has 2 nitrogen and oxygen atoms in total. The number of hydrogen-bond acceptors (Lipinski definition) is 2. The van der Waals surface area contributed by atoms with Gasteiger partial charge in [0.1, 0.15) is 0 Å². The van der Waals surface area contributed by atoms with Crippen LogP contribution in [0.5, 0.6) is 0 Å². The number of benzene rings is 1. The van der Waals surface area contributed by atoms with Gasteiger partial charge in [-0.3, -0.25) is 11.3 Å². The van der Waals surface area contributed by atoms with Crippen LogP contribution in [-0.4, -0.2) is 6.54 Å². The van der Waals surface area contributed by atoms with Gasteiger partial charge in [0.15, 0.2) is 0 Å². The lowest BCUT2D eigenvalue weighted by Crippen LogP contribution is -2.28. The Bertz CT molecular complexity index is 208. The Morgan fingerprint density at radius 2 is 2.00 bits per heavy atom. The SMILES string of the molecule is CC(CNN)Cc1ccccc1. The fourth-order valence-corrected chi connectivity index (χ4v) is 1.29. The lowest BCUT2D eigenvalue weighted by molar-refractivity contribution is 0.522. The van der Waals surface area contributed by atoms with Gasteiger partial charge >= 0.3 is 0 Å². The van der Waals surface area contributed by atoms with E-state index in [0.29, 0.717) is 5.92 Å². The third kappa shape index (κ3) is 3.03. The molecule has 0 fully saturated rings. The molecule has 0 aromatic heterocycles. The maximum Gasteiger partial charge on any atom is 0.0126 e. The van der Waals surface area contributed by atoms with E-state index in [-0.39, 0.29) is 0 Å². The first-order chi connectivity index (χ1) is 5.83. The van der Waals surface area contributed by atoms with Gasteiger partial charge in [-0.25, -0.2) is 0 Å². The maximum atomic E-state index is 5.23. The van der Waals surface area contributed by atoms with E-state index < -0.39 is 0 Å². The Hall–Kier alpha value is -0.860. The average Bonchev–Trinajstić information content (AvgIpc) is 2.06. The molecule has 0 aliphatic rings. The van der Waals surface area contributed by atoms with Gasteiger partial charge in [0.25, 0.3) is 0 Å². The minimum atomic E-state index is 0.595. The molecule has 1 atom stereocenters. The summed E-state index contributed by atoms with van der Waals surface area (Å²) in [7, 11) is 0. The topological polar surface area (TPSA) is 38.0 Å². The highest BCUT2D eigenvalue weighted by Gasteiger charge is 2.00. The summed E-state index contributed by atoms with van der Waals surface area (Å²) in [6, 6.07) is 10.5. The van der Waals surface area contributed by atoms with Crippen molar-refractivity contribution in [3.63, 3.8) is 0 Å². The highest BCUT2D eigenvalue weighted by Crippen LogP contribution is 2.06. The molecule has 0 bridgehead atoms. The lowest BCUT2D eigenvalue weighted by Gasteiger charge is -2.09. The molecule has 0 spiro atoms. The van der Waals surface area contributed by atoms with Crippen LogP contribution >= 0.6 is 0 Å². The van der Waals surface area contributed by atoms with Crippen LogP contribution in [0.15, 0.2) is 30.3 Å². The molecule has 0 aliphatic carbocycles. The number of nitrogens with two attached hydrogens (primary N) is 1. The summed E-state index contributed by atoms with van der Waals surface area (Å²) in [6.07, 6.45) is 1.09. The van der Waals surface area contributed by atoms with Crippen molar-refractivity contribution < 1.29 is 0 Å². The van der Waals surface area contributed by atoms with E-state index >= 15 is 0 Å². The molecule has 0 radical (unpaired) electrons. The highest BCUT2D eigenvalue weighted by atomic mass is 15.2. The molecule has 1 rings (SSSR count). The highest BCUT2D eigenvalue weighted by molar-refractivity contribution is 5.15. The van der Waals surface area contributed by atoms with Crippen molar-refractivity contribution in [3.05, 3.63) is 35.9 Å². The second-order valence-corrected chi connectivity index (χ2v) is 3.20. The standard InChI is InChI=1S/C10H16N2/c1-9(8-12-11)7-10-5-3-2-4-6-10/h2-6,9,12H,7-8,11H2,1H3. The fraction of sp³-hybridized carbons (Fsp3) is 0.400. The summed E-state index contributed by atoms with van der Waals surface area (Å²) in [5.74, 6) is 5.83. The molecule has 1 unspecified atom stereocenters. The second kappa shape index (κ2) is 4.91. The molecule has 0 aliphatic heterocycles. The van der Waals surface area contributed by atoms with Crippen LogP contribution in [0, 0.1) is 5.92 Å². The van der Waals surface area contributed by atoms with Crippen molar-refractivity contribution in [3.8, 4) is 0 Å². The van der Waals surface area contributed by atoms with Crippen LogP contribution in [0.4, 0.5) is 0 Å². The van der Waals surface area contributed by atoms with Gasteiger partial charge in [-0.15, -0.1) is 0 Å². The first-order valence-corrected chi connectivity index (χ1v) is 4.30. The quantitative estimate of drug-likeness (QED) is 0.520. The van der Waals surface area contributed by atoms with Crippen molar-refractivity contribution in [1.29, 1.82) is 0 Å². The molecule has 12 heavy (non-hydrogen) atoms. The predicted octanol–water partition coefficient (Wildman–Crippen LogP) is 1.33. The molecule has 2 heteroatoms. The first kappa shape index (κ1) is 9.23. The Morgan fingerprint density at radius 3 is 2.58 bits per heavy atom. The third-order valence-corrected chi connectivity index (χ3v) is 1.89. The zero-order valence-corrected chi connectivity index (χ0v) is 7.46. The molecule has 0 saturated carbocycles. The first-order valence-electron chi connectivity index (χ1n) is 4.30. The minimum Gasteiger partial charge on any atom is -0.271 e. The second-order valence-electron chi connectivity index (χ2n) is 3.20. The number of nitrogens with one attached hydrogen (secondary N) is 1. The molecule has 1 aromatic rings. The normalized spacial score (nSPS) is 12.8. The van der Waals surface area contributed by atoms with Crippen molar-refractivity contribution in [2.24, 2.45) is 11.8 Å². The molecule has 1 aromatic carbocycles. The maximum absolute atomic E-state index is 5.23. The number of rotatable bonds is 4. The predicted molar refractivity (Wildman–Crippen MR) is 51.5 cm³/mol. The van der Waals surface area contributed by atoms with Crippen molar-refractivity contribution in [2.45, 2.75) is 13.3 Å². The largest absolute Gasteiger partial charge is 0.271 e. The van der Waals surface area contributed by atoms with Gasteiger partial charge in [0, 0.05) is 6.54 Å². The van der Waals surface area contributed by atoms with E-state index in [1.165, 1.54) is 5.56 Å². The van der Waals surface area contributed by atoms with E-state index in [1.807, 2.05) is 6.07 Å². The van der Waals surface area contributed by atoms with Crippen molar-refractivity contribution in [2.75, 3.05) is 6.54 Å². The molecule has 0 amide bonds. The van der Waals surface area contributed by atoms with Gasteiger partial charge in [0.2, 0.25) is 0 Å². The van der Waals surface area contributed by atoms with E-state index in [1.54, 1.807) is 0 Å². The molecule has 0 saturated heterocycles. The van der Waals surface area contributed by atoms with E-state index in [0.717, 1.165) is 13.0 Å². The van der Waals surface area contributed by atoms with Gasteiger partial charge in [-0.05, 0) is 17.9 Å². The smallest absolute Gasteiger partial charge is 0.0126 e. The summed E-state index contributed by atoms with van der Waals surface area (Å²) < 4.78 is 0. The van der Waals surface area contributed by atoms with E-state index in [9.17, 15) is 0 Å². The molecule has 66 valence electrons. The fourth-order valence-electron chi connectivity index (χ4n) is 1.29. The Kier molecular flexibility index (Phi) is 3.77. The van der Waals surface area contributed by atoms with Crippen LogP contribution in [-0.2, 0) is 6.42 Å². The summed E-state index contributed by atoms with van der Waals surface area (Å²) in [5, 5.41) is 0. The molecule has 3 N–H and O–H groups in total. The van der Waals surface area contributed by atoms with Gasteiger partial charge in [-0.2, -0.15) is 0 Å². The molecular weight excluding hydrogens is 148 g/mol. The lowest BCUT2D eigenvalue weighted by atomic mass is 10.0. The number of hydrogen-bond donors (Lipinski definition) is 2. The minimum absolute atomic E-state index is 0.595.